The zero-order valence-electron chi connectivity index (χ0n) is 10.6. The van der Waals surface area contributed by atoms with Gasteiger partial charge in [-0.1, -0.05) is 18.7 Å². The summed E-state index contributed by atoms with van der Waals surface area (Å²) in [6, 6.07) is 2.33. The van der Waals surface area contributed by atoms with E-state index in [1.165, 1.54) is 0 Å². The highest BCUT2D eigenvalue weighted by Gasteiger charge is 2.22. The number of nitrogens with zero attached hydrogens (tertiary/aromatic N) is 2. The van der Waals surface area contributed by atoms with Crippen LogP contribution in [0.5, 0.6) is 0 Å². The normalized spacial score (nSPS) is 14.2. The molecule has 1 unspecified atom stereocenters. The van der Waals surface area contributed by atoms with E-state index in [1.54, 1.807) is 18.0 Å². The average molecular weight is 253 g/mol. The number of hydrogen-bond donors (Lipinski definition) is 1. The largest absolute Gasteiger partial charge is 0.440 e. The summed E-state index contributed by atoms with van der Waals surface area (Å²) in [5.41, 5.74) is 0.435. The van der Waals surface area contributed by atoms with Crippen molar-refractivity contribution >= 4 is 11.8 Å². The highest BCUT2D eigenvalue weighted by Crippen LogP contribution is 2.21. The predicted molar refractivity (Wildman–Crippen MR) is 68.9 cm³/mol. The van der Waals surface area contributed by atoms with Crippen molar-refractivity contribution < 1.29 is 4.42 Å². The third-order valence-corrected chi connectivity index (χ3v) is 3.28. The Balaban J connectivity index is 2.35. The van der Waals surface area contributed by atoms with Crippen LogP contribution in [-0.4, -0.2) is 22.8 Å². The van der Waals surface area contributed by atoms with Crippen molar-refractivity contribution in [3.63, 3.8) is 0 Å². The van der Waals surface area contributed by atoms with Crippen LogP contribution in [0.1, 0.15) is 32.4 Å². The van der Waals surface area contributed by atoms with Crippen molar-refractivity contribution in [1.82, 2.24) is 10.3 Å². The van der Waals surface area contributed by atoms with Gasteiger partial charge in [-0.05, 0) is 33.2 Å². The molecule has 0 aromatic carbocycles. The molecule has 4 nitrogen and oxygen atoms in total. The molecule has 17 heavy (non-hydrogen) atoms. The van der Waals surface area contributed by atoms with Crippen molar-refractivity contribution in [2.45, 2.75) is 44.4 Å². The number of nitrogens with one attached hydrogen (secondary N) is 1. The van der Waals surface area contributed by atoms with Gasteiger partial charge >= 0.3 is 0 Å². The lowest BCUT2D eigenvalue weighted by atomic mass is 10.0. The lowest BCUT2D eigenvalue weighted by molar-refractivity contribution is 0.433. The molecule has 0 aliphatic heterocycles. The van der Waals surface area contributed by atoms with E-state index in [0.717, 1.165) is 30.8 Å². The van der Waals surface area contributed by atoms with Gasteiger partial charge in [0, 0.05) is 5.75 Å². The van der Waals surface area contributed by atoms with E-state index in [9.17, 15) is 0 Å². The van der Waals surface area contributed by atoms with Gasteiger partial charge < -0.3 is 4.42 Å². The van der Waals surface area contributed by atoms with Crippen molar-refractivity contribution in [3.8, 4) is 6.07 Å². The van der Waals surface area contributed by atoms with Gasteiger partial charge in [-0.3, -0.25) is 5.32 Å². The second-order valence-corrected chi connectivity index (χ2v) is 5.27. The van der Waals surface area contributed by atoms with Crippen LogP contribution in [0.15, 0.2) is 15.9 Å². The summed E-state index contributed by atoms with van der Waals surface area (Å²) >= 11 is 1.55. The fraction of sp³-hybridized carbons (Fsp3) is 0.667. The van der Waals surface area contributed by atoms with Gasteiger partial charge in [0.15, 0.2) is 0 Å². The van der Waals surface area contributed by atoms with E-state index in [1.807, 2.05) is 13.8 Å². The first-order chi connectivity index (χ1) is 8.09. The standard InChI is InChI=1S/C12H19N3OS/c1-4-6-14-12(3,9-13)5-7-17-11-15-10(2)8-16-11/h8,14H,4-7H2,1-3H3. The molecule has 0 spiro atoms. The van der Waals surface area contributed by atoms with Crippen LogP contribution in [0.2, 0.25) is 0 Å². The molecule has 1 aromatic rings. The van der Waals surface area contributed by atoms with Gasteiger partial charge in [0.1, 0.15) is 11.8 Å². The number of nitriles is 1. The first-order valence-corrected chi connectivity index (χ1v) is 6.79. The number of thioether (sulfide) groups is 1. The summed E-state index contributed by atoms with van der Waals surface area (Å²) in [4.78, 5) is 4.21. The Bertz CT molecular complexity index is 385. The summed E-state index contributed by atoms with van der Waals surface area (Å²) in [5, 5.41) is 13.1. The average Bonchev–Trinajstić information content (AvgIpc) is 2.72. The topological polar surface area (TPSA) is 61.9 Å². The van der Waals surface area contributed by atoms with E-state index in [2.05, 4.69) is 23.3 Å². The predicted octanol–water partition coefficient (Wildman–Crippen LogP) is 2.75. The molecule has 1 rings (SSSR count). The Kier molecular flexibility index (Phi) is 5.52. The van der Waals surface area contributed by atoms with Crippen LogP contribution in [0, 0.1) is 18.3 Å². The number of hydrogen-bond acceptors (Lipinski definition) is 5. The summed E-state index contributed by atoms with van der Waals surface area (Å²) in [7, 11) is 0. The third kappa shape index (κ3) is 4.80. The van der Waals surface area contributed by atoms with Crippen molar-refractivity contribution in [3.05, 3.63) is 12.0 Å². The molecule has 94 valence electrons. The summed E-state index contributed by atoms with van der Waals surface area (Å²) in [6.07, 6.45) is 3.44. The molecule has 1 aromatic heterocycles. The van der Waals surface area contributed by atoms with Gasteiger partial charge in [0.2, 0.25) is 0 Å². The number of aromatic nitrogens is 1. The van der Waals surface area contributed by atoms with Gasteiger partial charge in [-0.15, -0.1) is 0 Å². The first-order valence-electron chi connectivity index (χ1n) is 5.81. The Morgan fingerprint density at radius 3 is 2.94 bits per heavy atom. The minimum Gasteiger partial charge on any atom is -0.440 e. The van der Waals surface area contributed by atoms with Crippen molar-refractivity contribution in [1.29, 1.82) is 5.26 Å². The Hall–Kier alpha value is -0.990. The Morgan fingerprint density at radius 2 is 2.41 bits per heavy atom. The van der Waals surface area contributed by atoms with Crippen LogP contribution in [0.4, 0.5) is 0 Å². The van der Waals surface area contributed by atoms with Gasteiger partial charge in [-0.2, -0.15) is 5.26 Å². The van der Waals surface area contributed by atoms with Crippen LogP contribution < -0.4 is 5.32 Å². The van der Waals surface area contributed by atoms with Crippen molar-refractivity contribution in [2.75, 3.05) is 12.3 Å². The fourth-order valence-corrected chi connectivity index (χ4v) is 2.34. The summed E-state index contributed by atoms with van der Waals surface area (Å²) in [6.45, 7) is 6.79. The molecule has 5 heteroatoms. The van der Waals surface area contributed by atoms with E-state index in [-0.39, 0.29) is 0 Å². The van der Waals surface area contributed by atoms with Crippen LogP contribution in [0.25, 0.3) is 0 Å². The number of rotatable bonds is 7. The first kappa shape index (κ1) is 14.1. The number of oxazole rings is 1. The molecular weight excluding hydrogens is 234 g/mol. The maximum absolute atomic E-state index is 9.15. The molecule has 0 saturated carbocycles. The monoisotopic (exact) mass is 253 g/mol. The van der Waals surface area contributed by atoms with Gasteiger partial charge in [0.05, 0.1) is 11.8 Å². The Labute approximate surface area is 107 Å². The molecular formula is C12H19N3OS. The highest BCUT2D eigenvalue weighted by molar-refractivity contribution is 7.99. The van der Waals surface area contributed by atoms with E-state index in [4.69, 9.17) is 9.68 Å². The molecule has 0 fully saturated rings. The third-order valence-electron chi connectivity index (χ3n) is 2.44. The number of aryl methyl sites for hydroxylation is 1. The quantitative estimate of drug-likeness (QED) is 0.757. The lowest BCUT2D eigenvalue weighted by Crippen LogP contribution is -2.41. The minimum absolute atomic E-state index is 0.454. The summed E-state index contributed by atoms with van der Waals surface area (Å²) in [5.74, 6) is 0.820. The molecule has 0 bridgehead atoms. The van der Waals surface area contributed by atoms with Gasteiger partial charge in [-0.25, -0.2) is 4.98 Å². The second-order valence-electron chi connectivity index (χ2n) is 4.22. The van der Waals surface area contributed by atoms with E-state index < -0.39 is 5.54 Å². The smallest absolute Gasteiger partial charge is 0.255 e. The molecule has 0 aliphatic rings. The maximum atomic E-state index is 9.15. The second kappa shape index (κ2) is 6.67. The minimum atomic E-state index is -0.454. The molecule has 0 saturated heterocycles. The SMILES string of the molecule is CCCNC(C)(C#N)CCSc1nc(C)co1. The van der Waals surface area contributed by atoms with E-state index in [0.29, 0.717) is 5.22 Å². The molecule has 1 atom stereocenters. The van der Waals surface area contributed by atoms with Crippen LogP contribution in [0.3, 0.4) is 0 Å². The zero-order valence-corrected chi connectivity index (χ0v) is 11.4. The molecule has 0 aliphatic carbocycles. The summed E-state index contributed by atoms with van der Waals surface area (Å²) < 4.78 is 5.24. The van der Waals surface area contributed by atoms with E-state index >= 15 is 0 Å². The fourth-order valence-electron chi connectivity index (χ4n) is 1.33. The van der Waals surface area contributed by atoms with Crippen LogP contribution in [-0.2, 0) is 0 Å². The zero-order chi connectivity index (χ0) is 12.7. The van der Waals surface area contributed by atoms with Crippen molar-refractivity contribution in [2.24, 2.45) is 0 Å². The molecule has 0 amide bonds. The van der Waals surface area contributed by atoms with Crippen LogP contribution >= 0.6 is 11.8 Å². The highest BCUT2D eigenvalue weighted by atomic mass is 32.2. The maximum Gasteiger partial charge on any atom is 0.255 e. The molecule has 0 radical (unpaired) electrons. The van der Waals surface area contributed by atoms with Gasteiger partial charge in [0.25, 0.3) is 5.22 Å². The Morgan fingerprint density at radius 1 is 1.65 bits per heavy atom. The lowest BCUT2D eigenvalue weighted by Gasteiger charge is -2.22. The molecule has 1 heterocycles. The molecule has 1 N–H and O–H groups in total.